The smallest absolute Gasteiger partial charge is 0.338 e. The number of phenols is 1. The molecule has 1 aliphatic rings. The zero-order valence-electron chi connectivity index (χ0n) is 14.5. The molecule has 1 saturated carbocycles. The van der Waals surface area contributed by atoms with Crippen molar-refractivity contribution in [2.45, 2.75) is 38.5 Å². The van der Waals surface area contributed by atoms with Gasteiger partial charge in [0.15, 0.2) is 0 Å². The van der Waals surface area contributed by atoms with E-state index in [1.54, 1.807) is 12.1 Å². The van der Waals surface area contributed by atoms with Crippen LogP contribution >= 0.6 is 0 Å². The summed E-state index contributed by atoms with van der Waals surface area (Å²) >= 11 is 0. The van der Waals surface area contributed by atoms with Gasteiger partial charge >= 0.3 is 5.97 Å². The van der Waals surface area contributed by atoms with E-state index in [1.807, 2.05) is 18.2 Å². The van der Waals surface area contributed by atoms with Gasteiger partial charge < -0.3 is 14.8 Å². The summed E-state index contributed by atoms with van der Waals surface area (Å²) in [5, 5.41) is 12.0. The summed E-state index contributed by atoms with van der Waals surface area (Å²) in [4.78, 5) is 15.6. The van der Waals surface area contributed by atoms with Crippen molar-refractivity contribution >= 4 is 27.8 Å². The summed E-state index contributed by atoms with van der Waals surface area (Å²) < 4.78 is 4.92. The van der Waals surface area contributed by atoms with Gasteiger partial charge in [-0.25, -0.2) is 4.79 Å². The van der Waals surface area contributed by atoms with E-state index in [-0.39, 0.29) is 11.7 Å². The van der Waals surface area contributed by atoms with Crippen LogP contribution in [0.5, 0.6) is 5.75 Å². The van der Waals surface area contributed by atoms with Crippen LogP contribution in [0.4, 0.5) is 0 Å². The van der Waals surface area contributed by atoms with E-state index < -0.39 is 0 Å². The number of H-pyrrole nitrogens is 1. The molecule has 1 aromatic heterocycles. The fourth-order valence-corrected chi connectivity index (χ4v) is 4.24. The van der Waals surface area contributed by atoms with E-state index >= 15 is 0 Å². The lowest BCUT2D eigenvalue weighted by molar-refractivity contribution is 0.0603. The highest BCUT2D eigenvalue weighted by Crippen LogP contribution is 2.38. The van der Waals surface area contributed by atoms with Gasteiger partial charge in [0.25, 0.3) is 0 Å². The number of carbonyl (C=O) groups excluding carboxylic acids is 1. The number of benzene rings is 2. The largest absolute Gasteiger partial charge is 0.507 e. The van der Waals surface area contributed by atoms with Crippen molar-refractivity contribution < 1.29 is 14.6 Å². The van der Waals surface area contributed by atoms with Crippen molar-refractivity contribution in [1.82, 2.24) is 4.98 Å². The number of fused-ring (bicyclic) bond motifs is 3. The standard InChI is InChI=1S/C21H23NO3/c1-25-21(24)15-8-5-9-16-18(15)19-17(23)11-10-14(20(19)22-16)12-13-6-3-2-4-7-13/h5,8-11,13,22-23H,2-4,6-7,12H2,1H3. The molecule has 0 aliphatic heterocycles. The van der Waals surface area contributed by atoms with Crippen LogP contribution in [-0.4, -0.2) is 23.2 Å². The van der Waals surface area contributed by atoms with E-state index in [0.717, 1.165) is 28.2 Å². The third kappa shape index (κ3) is 2.76. The lowest BCUT2D eigenvalue weighted by Gasteiger charge is -2.21. The maximum atomic E-state index is 12.2. The number of phenolic OH excluding ortho intramolecular Hbond substituents is 1. The molecule has 0 spiro atoms. The first-order chi connectivity index (χ1) is 12.2. The number of methoxy groups -OCH3 is 1. The van der Waals surface area contributed by atoms with Crippen LogP contribution in [-0.2, 0) is 11.2 Å². The number of ether oxygens (including phenoxy) is 1. The van der Waals surface area contributed by atoms with Crippen molar-refractivity contribution in [1.29, 1.82) is 0 Å². The minimum atomic E-state index is -0.386. The normalized spacial score (nSPS) is 15.7. The molecule has 1 fully saturated rings. The minimum Gasteiger partial charge on any atom is -0.507 e. The van der Waals surface area contributed by atoms with Gasteiger partial charge in [-0.2, -0.15) is 0 Å². The molecule has 0 radical (unpaired) electrons. The molecule has 2 N–H and O–H groups in total. The van der Waals surface area contributed by atoms with E-state index in [1.165, 1.54) is 44.8 Å². The maximum absolute atomic E-state index is 12.2. The van der Waals surface area contributed by atoms with Crippen LogP contribution in [0.25, 0.3) is 21.8 Å². The van der Waals surface area contributed by atoms with Crippen LogP contribution < -0.4 is 0 Å². The molecular weight excluding hydrogens is 314 g/mol. The van der Waals surface area contributed by atoms with Gasteiger partial charge in [-0.05, 0) is 36.1 Å². The molecule has 2 aromatic carbocycles. The molecule has 0 bridgehead atoms. The first-order valence-corrected chi connectivity index (χ1v) is 9.02. The number of hydrogen-bond acceptors (Lipinski definition) is 3. The molecule has 0 atom stereocenters. The Morgan fingerprint density at radius 3 is 2.72 bits per heavy atom. The van der Waals surface area contributed by atoms with E-state index in [0.29, 0.717) is 11.5 Å². The Labute approximate surface area is 146 Å². The van der Waals surface area contributed by atoms with Gasteiger partial charge in [0.2, 0.25) is 0 Å². The van der Waals surface area contributed by atoms with Crippen molar-refractivity contribution in [2.24, 2.45) is 5.92 Å². The van der Waals surface area contributed by atoms with Gasteiger partial charge in [-0.15, -0.1) is 0 Å². The molecule has 0 unspecified atom stereocenters. The Morgan fingerprint density at radius 1 is 1.16 bits per heavy atom. The summed E-state index contributed by atoms with van der Waals surface area (Å²) in [6.07, 6.45) is 7.52. The van der Waals surface area contributed by atoms with Crippen LogP contribution in [0.1, 0.15) is 48.0 Å². The van der Waals surface area contributed by atoms with Gasteiger partial charge in [-0.1, -0.05) is 44.2 Å². The van der Waals surface area contributed by atoms with Crippen LogP contribution in [0.15, 0.2) is 30.3 Å². The highest BCUT2D eigenvalue weighted by atomic mass is 16.5. The van der Waals surface area contributed by atoms with Gasteiger partial charge in [-0.3, -0.25) is 0 Å². The fraction of sp³-hybridized carbons (Fsp3) is 0.381. The maximum Gasteiger partial charge on any atom is 0.338 e. The van der Waals surface area contributed by atoms with Crippen molar-refractivity contribution in [2.75, 3.05) is 7.11 Å². The second-order valence-corrected chi connectivity index (χ2v) is 7.05. The van der Waals surface area contributed by atoms with Crippen LogP contribution in [0.3, 0.4) is 0 Å². The van der Waals surface area contributed by atoms with Crippen molar-refractivity contribution in [3.63, 3.8) is 0 Å². The Morgan fingerprint density at radius 2 is 1.96 bits per heavy atom. The lowest BCUT2D eigenvalue weighted by Crippen LogP contribution is -2.09. The minimum absolute atomic E-state index is 0.199. The molecule has 130 valence electrons. The summed E-state index contributed by atoms with van der Waals surface area (Å²) in [5.41, 5.74) is 3.49. The Hall–Kier alpha value is -2.49. The predicted molar refractivity (Wildman–Crippen MR) is 99.1 cm³/mol. The zero-order valence-corrected chi connectivity index (χ0v) is 14.5. The predicted octanol–water partition coefficient (Wildman–Crippen LogP) is 4.94. The summed E-state index contributed by atoms with van der Waals surface area (Å²) in [7, 11) is 1.38. The number of hydrogen-bond donors (Lipinski definition) is 2. The average molecular weight is 337 g/mol. The summed E-state index contributed by atoms with van der Waals surface area (Å²) in [6, 6.07) is 9.28. The number of aromatic amines is 1. The molecule has 3 aromatic rings. The zero-order chi connectivity index (χ0) is 17.4. The molecular formula is C21H23NO3. The summed E-state index contributed by atoms with van der Waals surface area (Å²) in [6.45, 7) is 0. The van der Waals surface area contributed by atoms with E-state index in [9.17, 15) is 9.90 Å². The van der Waals surface area contributed by atoms with Gasteiger partial charge in [0.1, 0.15) is 5.75 Å². The van der Waals surface area contributed by atoms with E-state index in [2.05, 4.69) is 4.98 Å². The number of aromatic hydroxyl groups is 1. The molecule has 4 nitrogen and oxygen atoms in total. The quantitative estimate of drug-likeness (QED) is 0.666. The first kappa shape index (κ1) is 16.0. The second kappa shape index (κ2) is 6.43. The van der Waals surface area contributed by atoms with Crippen molar-refractivity contribution in [3.8, 4) is 5.75 Å². The molecule has 4 heteroatoms. The third-order valence-corrected chi connectivity index (χ3v) is 5.48. The van der Waals surface area contributed by atoms with Crippen LogP contribution in [0, 0.1) is 5.92 Å². The monoisotopic (exact) mass is 337 g/mol. The first-order valence-electron chi connectivity index (χ1n) is 9.02. The Balaban J connectivity index is 1.89. The molecule has 0 amide bonds. The number of rotatable bonds is 3. The molecule has 4 rings (SSSR count). The average Bonchev–Trinajstić information content (AvgIpc) is 3.05. The number of carbonyl (C=O) groups is 1. The van der Waals surface area contributed by atoms with Gasteiger partial charge in [0.05, 0.1) is 23.6 Å². The SMILES string of the molecule is COC(=O)c1cccc2[nH]c3c(CC4CCCCC4)ccc(O)c3c12. The van der Waals surface area contributed by atoms with Crippen molar-refractivity contribution in [3.05, 3.63) is 41.5 Å². The fourth-order valence-electron chi connectivity index (χ4n) is 4.24. The van der Waals surface area contributed by atoms with Gasteiger partial charge in [0, 0.05) is 10.9 Å². The number of aromatic nitrogens is 1. The third-order valence-electron chi connectivity index (χ3n) is 5.48. The Bertz CT molecular complexity index is 935. The molecule has 1 aliphatic carbocycles. The molecule has 25 heavy (non-hydrogen) atoms. The number of esters is 1. The second-order valence-electron chi connectivity index (χ2n) is 7.05. The van der Waals surface area contributed by atoms with Crippen LogP contribution in [0.2, 0.25) is 0 Å². The highest BCUT2D eigenvalue weighted by Gasteiger charge is 2.21. The molecule has 0 saturated heterocycles. The van der Waals surface area contributed by atoms with E-state index in [4.69, 9.17) is 4.74 Å². The molecule has 1 heterocycles. The topological polar surface area (TPSA) is 62.3 Å². The summed E-state index contributed by atoms with van der Waals surface area (Å²) in [5.74, 6) is 0.515. The lowest BCUT2D eigenvalue weighted by atomic mass is 9.84. The highest BCUT2D eigenvalue weighted by molar-refractivity contribution is 6.19. The number of nitrogens with one attached hydrogen (secondary N) is 1. The Kier molecular flexibility index (Phi) is 4.12.